The smallest absolute Gasteiger partial charge is 0.346 e. The van der Waals surface area contributed by atoms with Crippen LogP contribution in [0.5, 0.6) is 5.75 Å². The number of benzene rings is 2. The predicted octanol–water partition coefficient (Wildman–Crippen LogP) is 4.99. The zero-order chi connectivity index (χ0) is 21.5. The highest BCUT2D eigenvalue weighted by Crippen LogP contribution is 2.47. The number of aromatic nitrogens is 1. The van der Waals surface area contributed by atoms with Gasteiger partial charge in [-0.2, -0.15) is 0 Å². The lowest BCUT2D eigenvalue weighted by molar-refractivity contribution is -0.145. The highest BCUT2D eigenvalue weighted by molar-refractivity contribution is 5.99. The number of rotatable bonds is 3. The predicted molar refractivity (Wildman–Crippen MR) is 117 cm³/mol. The van der Waals surface area contributed by atoms with E-state index < -0.39 is 18.0 Å². The van der Waals surface area contributed by atoms with Crippen LogP contribution in [0.3, 0.4) is 0 Å². The molecule has 2 aromatic carbocycles. The van der Waals surface area contributed by atoms with Crippen LogP contribution in [0, 0.1) is 0 Å². The van der Waals surface area contributed by atoms with Gasteiger partial charge in [0.1, 0.15) is 5.75 Å². The van der Waals surface area contributed by atoms with E-state index in [4.69, 9.17) is 9.47 Å². The highest BCUT2D eigenvalue weighted by atomic mass is 16.5. The molecule has 1 N–H and O–H groups in total. The second kappa shape index (κ2) is 7.76. The number of ether oxygens (including phenoxy) is 2. The minimum absolute atomic E-state index is 0.174. The molecule has 1 unspecified atom stereocenters. The number of carbonyl (C=O) groups is 2. The summed E-state index contributed by atoms with van der Waals surface area (Å²) in [5.74, 6) is -0.433. The van der Waals surface area contributed by atoms with Crippen LogP contribution in [-0.4, -0.2) is 34.8 Å². The molecule has 1 atom stereocenters. The number of nitrogens with zero attached hydrogens (tertiary/aromatic N) is 1. The molecule has 0 radical (unpaired) electrons. The van der Waals surface area contributed by atoms with Crippen molar-refractivity contribution in [1.82, 2.24) is 4.57 Å². The molecule has 1 aromatic heterocycles. The van der Waals surface area contributed by atoms with Gasteiger partial charge in [-0.25, -0.2) is 9.59 Å². The average molecular weight is 419 g/mol. The summed E-state index contributed by atoms with van der Waals surface area (Å²) in [6, 6.07) is 13.3. The Hall–Kier alpha value is -3.28. The maximum Gasteiger partial charge on any atom is 0.346 e. The van der Waals surface area contributed by atoms with Gasteiger partial charge in [-0.1, -0.05) is 37.5 Å². The molecule has 0 amide bonds. The SMILES string of the molecule is COC(=O)c1ccc2c(C3CCCCC3)c3n(c2c1)CC(C(=O)O)Oc1ccccc1-3. The molecule has 1 aliphatic heterocycles. The first-order valence-electron chi connectivity index (χ1n) is 10.8. The average Bonchev–Trinajstić information content (AvgIpc) is 3.01. The molecule has 6 nitrogen and oxygen atoms in total. The number of esters is 1. The largest absolute Gasteiger partial charge is 0.478 e. The third kappa shape index (κ3) is 3.26. The van der Waals surface area contributed by atoms with Gasteiger partial charge in [-0.15, -0.1) is 0 Å². The fourth-order valence-electron chi connectivity index (χ4n) is 5.16. The Kier molecular flexibility index (Phi) is 4.93. The van der Waals surface area contributed by atoms with E-state index in [1.165, 1.54) is 31.9 Å². The van der Waals surface area contributed by atoms with Gasteiger partial charge in [0, 0.05) is 16.5 Å². The minimum atomic E-state index is -1.01. The summed E-state index contributed by atoms with van der Waals surface area (Å²) >= 11 is 0. The van der Waals surface area contributed by atoms with E-state index in [9.17, 15) is 14.7 Å². The molecule has 0 saturated heterocycles. The molecule has 160 valence electrons. The van der Waals surface area contributed by atoms with E-state index in [2.05, 4.69) is 0 Å². The Morgan fingerprint density at radius 3 is 2.61 bits per heavy atom. The van der Waals surface area contributed by atoms with Crippen molar-refractivity contribution in [2.24, 2.45) is 0 Å². The van der Waals surface area contributed by atoms with Crippen LogP contribution >= 0.6 is 0 Å². The van der Waals surface area contributed by atoms with Crippen molar-refractivity contribution in [3.05, 3.63) is 53.6 Å². The first kappa shape index (κ1) is 19.7. The van der Waals surface area contributed by atoms with Gasteiger partial charge in [-0.05, 0) is 48.6 Å². The first-order valence-corrected chi connectivity index (χ1v) is 10.8. The third-order valence-corrected chi connectivity index (χ3v) is 6.57. The molecular formula is C25H25NO5. The van der Waals surface area contributed by atoms with E-state index in [0.717, 1.165) is 35.0 Å². The van der Waals surface area contributed by atoms with Crippen molar-refractivity contribution in [2.75, 3.05) is 7.11 Å². The van der Waals surface area contributed by atoms with Crippen molar-refractivity contribution in [3.8, 4) is 17.0 Å². The molecule has 0 spiro atoms. The molecule has 1 saturated carbocycles. The standard InChI is InChI=1S/C25H25NO5/c1-30-25(29)16-11-12-17-19(13-16)26-14-21(24(27)28)31-20-10-6-5-9-18(20)23(26)22(17)15-7-3-2-4-8-15/h5-6,9-13,15,21H,2-4,7-8,14H2,1H3,(H,27,28). The normalized spacial score (nSPS) is 18.5. The van der Waals surface area contributed by atoms with Crippen molar-refractivity contribution in [1.29, 1.82) is 0 Å². The topological polar surface area (TPSA) is 77.8 Å². The molecule has 0 bridgehead atoms. The van der Waals surface area contributed by atoms with Crippen molar-refractivity contribution in [2.45, 2.75) is 50.7 Å². The van der Waals surface area contributed by atoms with Crippen molar-refractivity contribution < 1.29 is 24.2 Å². The fraction of sp³-hybridized carbons (Fsp3) is 0.360. The quantitative estimate of drug-likeness (QED) is 0.605. The Labute approximate surface area is 180 Å². The summed E-state index contributed by atoms with van der Waals surface area (Å²) in [4.78, 5) is 24.2. The molecule has 1 aliphatic carbocycles. The van der Waals surface area contributed by atoms with Gasteiger partial charge in [0.25, 0.3) is 0 Å². The molecule has 2 heterocycles. The molecule has 1 fully saturated rings. The summed E-state index contributed by atoms with van der Waals surface area (Å²) in [6.07, 6.45) is 4.82. The summed E-state index contributed by atoms with van der Waals surface area (Å²) in [5, 5.41) is 10.9. The van der Waals surface area contributed by atoms with E-state index in [-0.39, 0.29) is 6.54 Å². The number of methoxy groups -OCH3 is 1. The molecule has 3 aromatic rings. The van der Waals surface area contributed by atoms with Crippen LogP contribution in [0.4, 0.5) is 0 Å². The Bertz CT molecular complexity index is 1170. The van der Waals surface area contributed by atoms with Crippen LogP contribution in [0.15, 0.2) is 42.5 Å². The lowest BCUT2D eigenvalue weighted by atomic mass is 9.81. The van der Waals surface area contributed by atoms with Crippen molar-refractivity contribution >= 4 is 22.8 Å². The van der Waals surface area contributed by atoms with Crippen LogP contribution in [0.2, 0.25) is 0 Å². The van der Waals surface area contributed by atoms with E-state index in [1.54, 1.807) is 6.07 Å². The maximum absolute atomic E-state index is 12.2. The van der Waals surface area contributed by atoms with Crippen LogP contribution in [-0.2, 0) is 16.1 Å². The van der Waals surface area contributed by atoms with Gasteiger partial charge in [0.2, 0.25) is 6.10 Å². The number of carboxylic acids is 1. The van der Waals surface area contributed by atoms with E-state index >= 15 is 0 Å². The summed E-state index contributed by atoms with van der Waals surface area (Å²) < 4.78 is 12.9. The molecule has 2 aliphatic rings. The zero-order valence-corrected chi connectivity index (χ0v) is 17.5. The third-order valence-electron chi connectivity index (χ3n) is 6.57. The lowest BCUT2D eigenvalue weighted by Crippen LogP contribution is -2.30. The number of aliphatic carboxylic acids is 1. The highest BCUT2D eigenvalue weighted by Gasteiger charge is 2.33. The Morgan fingerprint density at radius 1 is 1.10 bits per heavy atom. The van der Waals surface area contributed by atoms with Gasteiger partial charge >= 0.3 is 11.9 Å². The number of carbonyl (C=O) groups excluding carboxylic acids is 1. The van der Waals surface area contributed by atoms with Gasteiger partial charge in [0.05, 0.1) is 24.9 Å². The van der Waals surface area contributed by atoms with Crippen LogP contribution in [0.1, 0.15) is 53.9 Å². The Morgan fingerprint density at radius 2 is 1.87 bits per heavy atom. The minimum Gasteiger partial charge on any atom is -0.478 e. The van der Waals surface area contributed by atoms with E-state index in [0.29, 0.717) is 17.2 Å². The molecule has 6 heteroatoms. The number of fused-ring (bicyclic) bond motifs is 5. The number of hydrogen-bond donors (Lipinski definition) is 1. The zero-order valence-electron chi connectivity index (χ0n) is 17.5. The second-order valence-electron chi connectivity index (χ2n) is 8.37. The summed E-state index contributed by atoms with van der Waals surface area (Å²) in [6.45, 7) is 0.174. The molecular weight excluding hydrogens is 394 g/mol. The van der Waals surface area contributed by atoms with E-state index in [1.807, 2.05) is 41.0 Å². The second-order valence-corrected chi connectivity index (χ2v) is 8.37. The lowest BCUT2D eigenvalue weighted by Gasteiger charge is -2.23. The number of carboxylic acid groups (broad SMARTS) is 1. The monoisotopic (exact) mass is 419 g/mol. The molecule has 31 heavy (non-hydrogen) atoms. The molecule has 5 rings (SSSR count). The number of para-hydroxylation sites is 1. The van der Waals surface area contributed by atoms with Gasteiger partial charge < -0.3 is 19.1 Å². The van der Waals surface area contributed by atoms with Gasteiger partial charge in [0.15, 0.2) is 0 Å². The van der Waals surface area contributed by atoms with Crippen molar-refractivity contribution in [3.63, 3.8) is 0 Å². The summed E-state index contributed by atoms with van der Waals surface area (Å²) in [7, 11) is 1.36. The van der Waals surface area contributed by atoms with Crippen LogP contribution < -0.4 is 4.74 Å². The van der Waals surface area contributed by atoms with Gasteiger partial charge in [-0.3, -0.25) is 0 Å². The first-order chi connectivity index (χ1) is 15.1. The Balaban J connectivity index is 1.83. The maximum atomic E-state index is 12.2. The summed E-state index contributed by atoms with van der Waals surface area (Å²) in [5.41, 5.74) is 4.47. The fourth-order valence-corrected chi connectivity index (χ4v) is 5.16. The van der Waals surface area contributed by atoms with Crippen LogP contribution in [0.25, 0.3) is 22.2 Å². The number of hydrogen-bond acceptors (Lipinski definition) is 4.